The lowest BCUT2D eigenvalue weighted by Gasteiger charge is -2.04. The van der Waals surface area contributed by atoms with Crippen LogP contribution >= 0.6 is 0 Å². The average Bonchev–Trinajstić information content (AvgIpc) is 2.29. The van der Waals surface area contributed by atoms with Crippen molar-refractivity contribution in [3.8, 4) is 11.5 Å². The van der Waals surface area contributed by atoms with Crippen LogP contribution in [0.1, 0.15) is 0 Å². The molecule has 2 N–H and O–H groups in total. The topological polar surface area (TPSA) is 161 Å². The summed E-state index contributed by atoms with van der Waals surface area (Å²) in [4.78, 5) is 21.5. The molecule has 0 heterocycles. The van der Waals surface area contributed by atoms with Gasteiger partial charge in [0.1, 0.15) is 11.5 Å². The van der Waals surface area contributed by atoms with Crippen molar-refractivity contribution in [3.63, 3.8) is 0 Å². The fourth-order valence-corrected chi connectivity index (χ4v) is 1.28. The van der Waals surface area contributed by atoms with Gasteiger partial charge in [-0.2, -0.15) is 16.8 Å². The third kappa shape index (κ3) is 4.58. The van der Waals surface area contributed by atoms with Crippen LogP contribution in [0.25, 0.3) is 0 Å². The Bertz CT molecular complexity index is 663. The molecule has 0 amide bonds. The number of carbonyl (C=O) groups excluding carboxylic acids is 2. The first-order valence-electron chi connectivity index (χ1n) is 4.49. The van der Waals surface area contributed by atoms with Gasteiger partial charge in [0.25, 0.3) is 0 Å². The smallest absolute Gasteiger partial charge is 0.413 e. The van der Waals surface area contributed by atoms with Gasteiger partial charge >= 0.3 is 30.8 Å². The van der Waals surface area contributed by atoms with Crippen molar-refractivity contribution in [2.75, 3.05) is 0 Å². The number of carbonyl (C=O) groups is 2. The van der Waals surface area contributed by atoms with Gasteiger partial charge < -0.3 is 9.47 Å². The van der Waals surface area contributed by atoms with E-state index in [1.54, 1.807) is 0 Å². The Hall–Kier alpha value is -2.02. The molecule has 0 fully saturated rings. The van der Waals surface area contributed by atoms with E-state index >= 15 is 0 Å². The van der Waals surface area contributed by atoms with Gasteiger partial charge in [0, 0.05) is 0 Å². The molecular weight excluding hydrogens is 320 g/mol. The zero-order valence-electron chi connectivity index (χ0n) is 9.29. The van der Waals surface area contributed by atoms with E-state index in [9.17, 15) is 26.4 Å². The first-order chi connectivity index (χ1) is 9.00. The summed E-state index contributed by atoms with van der Waals surface area (Å²) in [5, 5.41) is -3.83. The fourth-order valence-electron chi connectivity index (χ4n) is 0.873. The van der Waals surface area contributed by atoms with Crippen molar-refractivity contribution >= 4 is 30.8 Å². The zero-order chi connectivity index (χ0) is 15.6. The summed E-state index contributed by atoms with van der Waals surface area (Å²) < 4.78 is 66.6. The second kappa shape index (κ2) is 5.54. The largest absolute Gasteiger partial charge is 0.457 e. The van der Waals surface area contributed by atoms with Gasteiger partial charge in [0.05, 0.1) is 0 Å². The highest BCUT2D eigenvalue weighted by Gasteiger charge is 2.22. The molecule has 0 bridgehead atoms. The fraction of sp³-hybridized carbons (Fsp3) is 0. The summed E-state index contributed by atoms with van der Waals surface area (Å²) in [5.41, 5.74) is 0. The molecule has 1 aromatic carbocycles. The molecule has 0 saturated heterocycles. The summed E-state index contributed by atoms with van der Waals surface area (Å²) >= 11 is 0. The van der Waals surface area contributed by atoms with E-state index in [-0.39, 0.29) is 11.5 Å². The SMILES string of the molecule is O=C(Oc1ccc(OC(=O)S(=O)(=O)O)cc1)S(=O)(=O)O. The predicted molar refractivity (Wildman–Crippen MR) is 61.6 cm³/mol. The van der Waals surface area contributed by atoms with E-state index in [0.717, 1.165) is 24.3 Å². The molecule has 0 radical (unpaired) electrons. The van der Waals surface area contributed by atoms with Crippen molar-refractivity contribution < 1.29 is 45.0 Å². The van der Waals surface area contributed by atoms with Crippen molar-refractivity contribution in [3.05, 3.63) is 24.3 Å². The Morgan fingerprint density at radius 3 is 1.20 bits per heavy atom. The summed E-state index contributed by atoms with van der Waals surface area (Å²) in [6, 6.07) is 3.82. The van der Waals surface area contributed by atoms with Crippen LogP contribution in [0.15, 0.2) is 24.3 Å². The van der Waals surface area contributed by atoms with Crippen LogP contribution < -0.4 is 9.47 Å². The van der Waals surface area contributed by atoms with Crippen LogP contribution in [-0.2, 0) is 20.2 Å². The standard InChI is InChI=1S/C8H6O10S2/c9-7(19(11,12)13)17-5-1-2-6(4-3-5)18-8(10)20(14,15)16/h1-4H,(H,11,12,13)(H,14,15,16). The van der Waals surface area contributed by atoms with Gasteiger partial charge in [-0.1, -0.05) is 0 Å². The molecule has 0 unspecified atom stereocenters. The Morgan fingerprint density at radius 2 is 1.00 bits per heavy atom. The maximum absolute atomic E-state index is 10.8. The zero-order valence-corrected chi connectivity index (χ0v) is 10.9. The highest BCUT2D eigenvalue weighted by molar-refractivity contribution is 8.01. The van der Waals surface area contributed by atoms with E-state index in [1.807, 2.05) is 0 Å². The van der Waals surface area contributed by atoms with Crippen LogP contribution in [0.4, 0.5) is 9.59 Å². The third-order valence-corrected chi connectivity index (χ3v) is 2.66. The summed E-state index contributed by atoms with van der Waals surface area (Å²) in [6.07, 6.45) is 0. The summed E-state index contributed by atoms with van der Waals surface area (Å²) in [6.45, 7) is 0. The van der Waals surface area contributed by atoms with Crippen molar-refractivity contribution in [1.29, 1.82) is 0 Å². The first-order valence-corrected chi connectivity index (χ1v) is 7.37. The van der Waals surface area contributed by atoms with Crippen LogP contribution in [0.3, 0.4) is 0 Å². The lowest BCUT2D eigenvalue weighted by Crippen LogP contribution is -2.18. The Labute approximate surface area is 112 Å². The second-order valence-corrected chi connectivity index (χ2v) is 5.69. The molecule has 20 heavy (non-hydrogen) atoms. The van der Waals surface area contributed by atoms with Gasteiger partial charge in [-0.3, -0.25) is 9.11 Å². The molecule has 12 heteroatoms. The van der Waals surface area contributed by atoms with Crippen molar-refractivity contribution in [2.24, 2.45) is 0 Å². The highest BCUT2D eigenvalue weighted by atomic mass is 32.2. The molecule has 0 aliphatic carbocycles. The molecule has 0 aliphatic rings. The molecule has 0 aromatic heterocycles. The number of benzene rings is 1. The first kappa shape index (κ1) is 16.0. The molecular formula is C8H6O10S2. The normalized spacial score (nSPS) is 11.7. The minimum Gasteiger partial charge on any atom is -0.413 e. The highest BCUT2D eigenvalue weighted by Crippen LogP contribution is 2.19. The van der Waals surface area contributed by atoms with E-state index in [2.05, 4.69) is 9.47 Å². The third-order valence-electron chi connectivity index (χ3n) is 1.65. The molecule has 0 atom stereocenters. The minimum atomic E-state index is -5.01. The number of hydrogen-bond acceptors (Lipinski definition) is 8. The van der Waals surface area contributed by atoms with Gasteiger partial charge in [0.2, 0.25) is 0 Å². The maximum atomic E-state index is 10.8. The minimum absolute atomic E-state index is 0.320. The maximum Gasteiger partial charge on any atom is 0.457 e. The van der Waals surface area contributed by atoms with Crippen LogP contribution in [0, 0.1) is 0 Å². The van der Waals surface area contributed by atoms with E-state index < -0.39 is 30.8 Å². The van der Waals surface area contributed by atoms with Crippen LogP contribution in [0.2, 0.25) is 0 Å². The molecule has 0 spiro atoms. The molecule has 1 aromatic rings. The van der Waals surface area contributed by atoms with Gasteiger partial charge in [-0.15, -0.1) is 0 Å². The monoisotopic (exact) mass is 326 g/mol. The molecule has 1 rings (SSSR count). The lowest BCUT2D eigenvalue weighted by atomic mass is 10.3. The van der Waals surface area contributed by atoms with E-state index in [4.69, 9.17) is 9.11 Å². The number of ether oxygens (including phenoxy) is 2. The van der Waals surface area contributed by atoms with Crippen molar-refractivity contribution in [1.82, 2.24) is 0 Å². The van der Waals surface area contributed by atoms with Crippen LogP contribution in [-0.4, -0.2) is 36.5 Å². The molecule has 0 saturated carbocycles. The lowest BCUT2D eigenvalue weighted by molar-refractivity contribution is 0.219. The Morgan fingerprint density at radius 1 is 0.750 bits per heavy atom. The average molecular weight is 326 g/mol. The Kier molecular flexibility index (Phi) is 4.44. The van der Waals surface area contributed by atoms with E-state index in [0.29, 0.717) is 0 Å². The molecule has 0 aliphatic heterocycles. The quantitative estimate of drug-likeness (QED) is 0.576. The Balaban J connectivity index is 2.80. The van der Waals surface area contributed by atoms with Gasteiger partial charge in [-0.25, -0.2) is 9.59 Å². The van der Waals surface area contributed by atoms with E-state index in [1.165, 1.54) is 0 Å². The van der Waals surface area contributed by atoms with Crippen LogP contribution in [0.5, 0.6) is 11.5 Å². The van der Waals surface area contributed by atoms with Gasteiger partial charge in [0.15, 0.2) is 0 Å². The molecule has 110 valence electrons. The van der Waals surface area contributed by atoms with Crippen molar-refractivity contribution in [2.45, 2.75) is 0 Å². The second-order valence-electron chi connectivity index (χ2n) is 3.13. The number of hydrogen-bond donors (Lipinski definition) is 2. The summed E-state index contributed by atoms with van der Waals surface area (Å²) in [5.74, 6) is -0.640. The number of rotatable bonds is 2. The molecule has 10 nitrogen and oxygen atoms in total. The van der Waals surface area contributed by atoms with Gasteiger partial charge in [-0.05, 0) is 24.3 Å². The summed E-state index contributed by atoms with van der Waals surface area (Å²) in [7, 11) is -10.0. The predicted octanol–water partition coefficient (Wildman–Crippen LogP) is 0.460.